The molecule has 0 aromatic heterocycles. The first-order valence-corrected chi connectivity index (χ1v) is 9.15. The largest absolute Gasteiger partial charge is 0.381 e. The molecule has 3 rings (SSSR count). The predicted octanol–water partition coefficient (Wildman–Crippen LogP) is 2.23. The van der Waals surface area contributed by atoms with Crippen LogP contribution in [0.25, 0.3) is 0 Å². The highest BCUT2D eigenvalue weighted by Gasteiger charge is 2.23. The molecule has 2 heterocycles. The highest BCUT2D eigenvalue weighted by molar-refractivity contribution is 5.73. The minimum Gasteiger partial charge on any atom is -0.381 e. The molecule has 2 aliphatic heterocycles. The Bertz CT molecular complexity index is 503. The number of carbonyl (C=O) groups excluding carboxylic acids is 1. The molecule has 5 nitrogen and oxygen atoms in total. The number of benzene rings is 1. The lowest BCUT2D eigenvalue weighted by Gasteiger charge is -2.22. The van der Waals surface area contributed by atoms with E-state index in [4.69, 9.17) is 4.74 Å². The summed E-state index contributed by atoms with van der Waals surface area (Å²) >= 11 is 0. The molecule has 24 heavy (non-hydrogen) atoms. The molecule has 0 spiro atoms. The third-order valence-electron chi connectivity index (χ3n) is 5.06. The molecule has 5 heteroatoms. The third-order valence-corrected chi connectivity index (χ3v) is 5.06. The Morgan fingerprint density at radius 2 is 1.75 bits per heavy atom. The van der Waals surface area contributed by atoms with Crippen LogP contribution in [-0.2, 0) is 11.3 Å². The van der Waals surface area contributed by atoms with E-state index in [0.717, 1.165) is 65.2 Å². The van der Waals surface area contributed by atoms with Gasteiger partial charge in [0.1, 0.15) is 0 Å². The van der Waals surface area contributed by atoms with Gasteiger partial charge in [-0.25, -0.2) is 4.79 Å². The maximum Gasteiger partial charge on any atom is 0.314 e. The molecule has 2 aliphatic rings. The van der Waals surface area contributed by atoms with Crippen molar-refractivity contribution in [1.82, 2.24) is 15.5 Å². The number of nitrogens with one attached hydrogen (secondary N) is 2. The van der Waals surface area contributed by atoms with Crippen molar-refractivity contribution in [3.05, 3.63) is 35.9 Å². The van der Waals surface area contributed by atoms with Crippen molar-refractivity contribution in [2.45, 2.75) is 25.8 Å². The Balaban J connectivity index is 1.30. The van der Waals surface area contributed by atoms with Crippen molar-refractivity contribution in [3.8, 4) is 0 Å². The van der Waals surface area contributed by atoms with Crippen LogP contribution >= 0.6 is 0 Å². The van der Waals surface area contributed by atoms with E-state index in [-0.39, 0.29) is 6.03 Å². The second kappa shape index (κ2) is 9.04. The number of rotatable bonds is 6. The molecule has 0 saturated carbocycles. The Hall–Kier alpha value is -1.59. The van der Waals surface area contributed by atoms with Crippen LogP contribution in [0.15, 0.2) is 30.3 Å². The molecule has 0 aliphatic carbocycles. The van der Waals surface area contributed by atoms with Gasteiger partial charge in [0.05, 0.1) is 0 Å². The van der Waals surface area contributed by atoms with E-state index < -0.39 is 0 Å². The van der Waals surface area contributed by atoms with Crippen LogP contribution in [0.2, 0.25) is 0 Å². The van der Waals surface area contributed by atoms with Crippen LogP contribution in [0.1, 0.15) is 24.8 Å². The molecular weight excluding hydrogens is 302 g/mol. The van der Waals surface area contributed by atoms with E-state index in [0.29, 0.717) is 11.8 Å². The van der Waals surface area contributed by atoms with Crippen LogP contribution in [0.4, 0.5) is 4.79 Å². The van der Waals surface area contributed by atoms with E-state index in [1.165, 1.54) is 5.56 Å². The molecule has 1 aromatic carbocycles. The summed E-state index contributed by atoms with van der Waals surface area (Å²) in [6, 6.07) is 10.6. The minimum absolute atomic E-state index is 0.0250. The fourth-order valence-electron chi connectivity index (χ4n) is 3.55. The molecule has 0 unspecified atom stereocenters. The zero-order valence-electron chi connectivity index (χ0n) is 14.4. The van der Waals surface area contributed by atoms with Gasteiger partial charge in [0.15, 0.2) is 0 Å². The highest BCUT2D eigenvalue weighted by Crippen LogP contribution is 2.18. The zero-order chi connectivity index (χ0) is 16.6. The normalized spacial score (nSPS) is 22.4. The maximum absolute atomic E-state index is 11.9. The predicted molar refractivity (Wildman–Crippen MR) is 94.8 cm³/mol. The average molecular weight is 331 g/mol. The first-order valence-electron chi connectivity index (χ1n) is 9.15. The lowest BCUT2D eigenvalue weighted by atomic mass is 10.0. The Labute approximate surface area is 144 Å². The summed E-state index contributed by atoms with van der Waals surface area (Å²) in [5.41, 5.74) is 1.36. The number of amides is 2. The quantitative estimate of drug-likeness (QED) is 0.840. The fourth-order valence-corrected chi connectivity index (χ4v) is 3.55. The molecule has 1 aromatic rings. The van der Waals surface area contributed by atoms with Gasteiger partial charge in [-0.2, -0.15) is 0 Å². The number of nitrogens with zero attached hydrogens (tertiary/aromatic N) is 1. The summed E-state index contributed by atoms with van der Waals surface area (Å²) in [4.78, 5) is 14.4. The number of likely N-dealkylation sites (tertiary alicyclic amines) is 1. The monoisotopic (exact) mass is 331 g/mol. The molecule has 1 atom stereocenters. The van der Waals surface area contributed by atoms with Crippen LogP contribution in [0.3, 0.4) is 0 Å². The van der Waals surface area contributed by atoms with Crippen molar-refractivity contribution in [3.63, 3.8) is 0 Å². The number of carbonyl (C=O) groups is 1. The van der Waals surface area contributed by atoms with E-state index in [9.17, 15) is 4.79 Å². The number of hydrogen-bond acceptors (Lipinski definition) is 3. The maximum atomic E-state index is 11.9. The van der Waals surface area contributed by atoms with Crippen LogP contribution in [0.5, 0.6) is 0 Å². The van der Waals surface area contributed by atoms with Gasteiger partial charge in [0, 0.05) is 39.4 Å². The molecule has 2 fully saturated rings. The fraction of sp³-hybridized carbons (Fsp3) is 0.632. The summed E-state index contributed by atoms with van der Waals surface area (Å²) in [6.07, 6.45) is 3.27. The molecule has 0 bridgehead atoms. The van der Waals surface area contributed by atoms with Crippen LogP contribution < -0.4 is 10.6 Å². The van der Waals surface area contributed by atoms with Crippen LogP contribution in [0, 0.1) is 11.8 Å². The van der Waals surface area contributed by atoms with E-state index in [1.54, 1.807) is 0 Å². The van der Waals surface area contributed by atoms with E-state index in [2.05, 4.69) is 45.9 Å². The SMILES string of the molecule is O=C(NCC1CCOCC1)NC[C@H]1CCN(Cc2ccccc2)C1. The smallest absolute Gasteiger partial charge is 0.314 e. The van der Waals surface area contributed by atoms with Gasteiger partial charge in [-0.15, -0.1) is 0 Å². The molecule has 2 N–H and O–H groups in total. The zero-order valence-corrected chi connectivity index (χ0v) is 14.4. The van der Waals surface area contributed by atoms with Gasteiger partial charge in [-0.3, -0.25) is 4.90 Å². The minimum atomic E-state index is -0.0250. The molecule has 0 radical (unpaired) electrons. The second-order valence-corrected chi connectivity index (χ2v) is 7.02. The summed E-state index contributed by atoms with van der Waals surface area (Å²) in [5.74, 6) is 1.12. The highest BCUT2D eigenvalue weighted by atomic mass is 16.5. The lowest BCUT2D eigenvalue weighted by Crippen LogP contribution is -2.41. The molecule has 2 amide bonds. The van der Waals surface area contributed by atoms with Gasteiger partial charge in [0.25, 0.3) is 0 Å². The first-order chi connectivity index (χ1) is 11.8. The molecule has 2 saturated heterocycles. The van der Waals surface area contributed by atoms with Crippen LogP contribution in [-0.4, -0.2) is 50.3 Å². The topological polar surface area (TPSA) is 53.6 Å². The number of urea groups is 1. The first kappa shape index (κ1) is 17.2. The van der Waals surface area contributed by atoms with Crippen molar-refractivity contribution >= 4 is 6.03 Å². The number of hydrogen-bond donors (Lipinski definition) is 2. The Morgan fingerprint density at radius 1 is 1.04 bits per heavy atom. The van der Waals surface area contributed by atoms with Gasteiger partial charge >= 0.3 is 6.03 Å². The van der Waals surface area contributed by atoms with Crippen molar-refractivity contribution in [1.29, 1.82) is 0 Å². The van der Waals surface area contributed by atoms with E-state index >= 15 is 0 Å². The Kier molecular flexibility index (Phi) is 6.49. The van der Waals surface area contributed by atoms with E-state index in [1.807, 2.05) is 0 Å². The average Bonchev–Trinajstić information content (AvgIpc) is 3.07. The standard InChI is InChI=1S/C19H29N3O2/c23-19(20-12-16-7-10-24-11-8-16)21-13-18-6-9-22(15-18)14-17-4-2-1-3-5-17/h1-5,16,18H,6-15H2,(H2,20,21,23)/t18-/m1/s1. The summed E-state index contributed by atoms with van der Waals surface area (Å²) in [7, 11) is 0. The summed E-state index contributed by atoms with van der Waals surface area (Å²) in [5, 5.41) is 6.05. The van der Waals surface area contributed by atoms with Crippen molar-refractivity contribution in [2.24, 2.45) is 11.8 Å². The van der Waals surface area contributed by atoms with Crippen molar-refractivity contribution < 1.29 is 9.53 Å². The van der Waals surface area contributed by atoms with Crippen molar-refractivity contribution in [2.75, 3.05) is 39.4 Å². The Morgan fingerprint density at radius 3 is 2.50 bits per heavy atom. The molecular formula is C19H29N3O2. The van der Waals surface area contributed by atoms with Gasteiger partial charge in [0.2, 0.25) is 0 Å². The lowest BCUT2D eigenvalue weighted by molar-refractivity contribution is 0.0669. The van der Waals surface area contributed by atoms with Gasteiger partial charge < -0.3 is 15.4 Å². The second-order valence-electron chi connectivity index (χ2n) is 7.02. The summed E-state index contributed by atoms with van der Waals surface area (Å²) < 4.78 is 5.34. The number of ether oxygens (including phenoxy) is 1. The van der Waals surface area contributed by atoms with Gasteiger partial charge in [-0.1, -0.05) is 30.3 Å². The third kappa shape index (κ3) is 5.49. The summed E-state index contributed by atoms with van der Waals surface area (Å²) in [6.45, 7) is 6.37. The van der Waals surface area contributed by atoms with Gasteiger partial charge in [-0.05, 0) is 43.2 Å². The molecule has 132 valence electrons.